The maximum atomic E-state index is 12.5. The van der Waals surface area contributed by atoms with E-state index in [1.54, 1.807) is 5.38 Å². The van der Waals surface area contributed by atoms with E-state index < -0.39 is 0 Å². The summed E-state index contributed by atoms with van der Waals surface area (Å²) in [6, 6.07) is 4.21. The van der Waals surface area contributed by atoms with Crippen molar-refractivity contribution in [2.24, 2.45) is 0 Å². The number of hydrogen-bond acceptors (Lipinski definition) is 8. The van der Waals surface area contributed by atoms with Crippen LogP contribution >= 0.6 is 11.3 Å². The van der Waals surface area contributed by atoms with Gasteiger partial charge in [-0.3, -0.25) is 9.69 Å². The fourth-order valence-electron chi connectivity index (χ4n) is 4.03. The molecule has 4 heterocycles. The molecule has 1 N–H and O–H groups in total. The van der Waals surface area contributed by atoms with E-state index in [0.29, 0.717) is 34.9 Å². The number of aryl methyl sites for hydroxylation is 1. The molecular weight excluding hydrogens is 386 g/mol. The Labute approximate surface area is 174 Å². The number of carbonyl (C=O) groups excluding carboxylic acids is 1. The summed E-state index contributed by atoms with van der Waals surface area (Å²) in [6.07, 6.45) is 4.25. The molecule has 152 valence electrons. The highest BCUT2D eigenvalue weighted by Gasteiger charge is 2.24. The minimum atomic E-state index is 0.00569. The predicted molar refractivity (Wildman–Crippen MR) is 111 cm³/mol. The minimum Gasteiger partial charge on any atom is -0.337 e. The first-order valence-corrected chi connectivity index (χ1v) is 11.0. The van der Waals surface area contributed by atoms with Crippen molar-refractivity contribution in [1.29, 1.82) is 5.26 Å². The Bertz CT molecular complexity index is 916. The lowest BCUT2D eigenvalue weighted by atomic mass is 9.94. The quantitative estimate of drug-likeness (QED) is 0.755. The average molecular weight is 412 g/mol. The van der Waals surface area contributed by atoms with Crippen molar-refractivity contribution >= 4 is 28.2 Å². The summed E-state index contributed by atoms with van der Waals surface area (Å²) in [7, 11) is 0. The number of hydrogen-bond donors (Lipinski definition) is 1. The number of thiazole rings is 1. The number of likely N-dealkylation sites (tertiary alicyclic amines) is 2. The van der Waals surface area contributed by atoms with Crippen molar-refractivity contribution in [3.63, 3.8) is 0 Å². The van der Waals surface area contributed by atoms with Gasteiger partial charge in [-0.1, -0.05) is 0 Å². The van der Waals surface area contributed by atoms with E-state index in [-0.39, 0.29) is 5.91 Å². The van der Waals surface area contributed by atoms with Crippen LogP contribution in [0.2, 0.25) is 0 Å². The van der Waals surface area contributed by atoms with Gasteiger partial charge in [-0.2, -0.15) is 5.26 Å². The number of rotatable bonds is 5. The Morgan fingerprint density at radius 1 is 1.28 bits per heavy atom. The summed E-state index contributed by atoms with van der Waals surface area (Å²) >= 11 is 1.41. The van der Waals surface area contributed by atoms with E-state index in [4.69, 9.17) is 5.26 Å². The van der Waals surface area contributed by atoms with Gasteiger partial charge < -0.3 is 10.2 Å². The Morgan fingerprint density at radius 2 is 2.10 bits per heavy atom. The van der Waals surface area contributed by atoms with E-state index in [1.165, 1.54) is 11.3 Å². The summed E-state index contributed by atoms with van der Waals surface area (Å²) in [6.45, 7) is 5.78. The number of nitrogens with one attached hydrogen (secondary N) is 1. The first-order valence-electron chi connectivity index (χ1n) is 10.1. The molecule has 0 unspecified atom stereocenters. The Hall–Kier alpha value is -2.57. The molecule has 8 nitrogen and oxygen atoms in total. The maximum Gasteiger partial charge on any atom is 0.273 e. The first-order chi connectivity index (χ1) is 14.1. The van der Waals surface area contributed by atoms with Gasteiger partial charge in [0.1, 0.15) is 17.3 Å². The van der Waals surface area contributed by atoms with E-state index in [0.717, 1.165) is 57.6 Å². The Morgan fingerprint density at radius 3 is 2.90 bits per heavy atom. The van der Waals surface area contributed by atoms with Crippen molar-refractivity contribution < 1.29 is 4.79 Å². The molecule has 9 heteroatoms. The molecule has 2 saturated heterocycles. The number of nitriles is 1. The lowest BCUT2D eigenvalue weighted by molar-refractivity contribution is 0.0788. The third kappa shape index (κ3) is 4.71. The van der Waals surface area contributed by atoms with Gasteiger partial charge in [-0.15, -0.1) is 11.3 Å². The van der Waals surface area contributed by atoms with Gasteiger partial charge in [0.25, 0.3) is 5.91 Å². The van der Waals surface area contributed by atoms with Gasteiger partial charge in [0.15, 0.2) is 5.13 Å². The predicted octanol–water partition coefficient (Wildman–Crippen LogP) is 2.92. The standard InChI is InChI=1S/C20H25N7OS/c1-14-22-16(15-5-4-7-26(12-15)10-6-21)11-18(23-14)25-20-24-17(13-29-20)19(28)27-8-2-3-9-27/h11,13,15H,2-5,7-10,12H2,1H3,(H,22,23,24,25)/t15-/m0/s1. The summed E-state index contributed by atoms with van der Waals surface area (Å²) < 4.78 is 0. The number of amides is 1. The molecule has 2 aromatic rings. The van der Waals surface area contributed by atoms with Gasteiger partial charge in [-0.05, 0) is 39.2 Å². The van der Waals surface area contributed by atoms with Gasteiger partial charge in [0.05, 0.1) is 18.3 Å². The van der Waals surface area contributed by atoms with Crippen molar-refractivity contribution in [3.05, 3.63) is 28.7 Å². The smallest absolute Gasteiger partial charge is 0.273 e. The minimum absolute atomic E-state index is 0.00569. The molecule has 4 rings (SSSR count). The molecule has 1 amide bonds. The zero-order valence-corrected chi connectivity index (χ0v) is 17.4. The monoisotopic (exact) mass is 411 g/mol. The van der Waals surface area contributed by atoms with Crippen molar-refractivity contribution in [2.75, 3.05) is 38.0 Å². The summed E-state index contributed by atoms with van der Waals surface area (Å²) in [5.74, 6) is 1.70. The molecular formula is C20H25N7OS. The number of anilines is 2. The van der Waals surface area contributed by atoms with Crippen LogP contribution in [0.25, 0.3) is 0 Å². The van der Waals surface area contributed by atoms with Crippen LogP contribution in [-0.2, 0) is 0 Å². The van der Waals surface area contributed by atoms with Crippen LogP contribution in [0.15, 0.2) is 11.4 Å². The van der Waals surface area contributed by atoms with E-state index in [1.807, 2.05) is 17.9 Å². The van der Waals surface area contributed by atoms with Crippen LogP contribution in [0, 0.1) is 18.3 Å². The average Bonchev–Trinajstić information content (AvgIpc) is 3.40. The first kappa shape index (κ1) is 19.7. The van der Waals surface area contributed by atoms with Crippen LogP contribution in [0.1, 0.15) is 53.6 Å². The summed E-state index contributed by atoms with van der Waals surface area (Å²) in [5.41, 5.74) is 1.48. The van der Waals surface area contributed by atoms with Crippen LogP contribution in [-0.4, -0.2) is 63.4 Å². The highest BCUT2D eigenvalue weighted by Crippen LogP contribution is 2.28. The number of carbonyl (C=O) groups is 1. The SMILES string of the molecule is Cc1nc(Nc2nc(C(=O)N3CCCC3)cs2)cc([C@H]2CCCN(CC#N)C2)n1. The Balaban J connectivity index is 1.47. The number of piperidine rings is 1. The van der Waals surface area contributed by atoms with Crippen LogP contribution < -0.4 is 5.32 Å². The molecule has 2 aliphatic heterocycles. The van der Waals surface area contributed by atoms with E-state index in [2.05, 4.69) is 31.2 Å². The lowest BCUT2D eigenvalue weighted by Gasteiger charge is -2.30. The zero-order valence-electron chi connectivity index (χ0n) is 16.6. The van der Waals surface area contributed by atoms with E-state index >= 15 is 0 Å². The molecule has 0 saturated carbocycles. The molecule has 2 fully saturated rings. The zero-order chi connectivity index (χ0) is 20.2. The van der Waals surface area contributed by atoms with Crippen molar-refractivity contribution in [1.82, 2.24) is 24.8 Å². The van der Waals surface area contributed by atoms with Gasteiger partial charge >= 0.3 is 0 Å². The maximum absolute atomic E-state index is 12.5. The molecule has 1 atom stereocenters. The fraction of sp³-hybridized carbons (Fsp3) is 0.550. The Kier molecular flexibility index (Phi) is 6.02. The molecule has 0 radical (unpaired) electrons. The van der Waals surface area contributed by atoms with Crippen molar-refractivity contribution in [3.8, 4) is 6.07 Å². The van der Waals surface area contributed by atoms with Crippen LogP contribution in [0.3, 0.4) is 0 Å². The van der Waals surface area contributed by atoms with Crippen molar-refractivity contribution in [2.45, 2.75) is 38.5 Å². The molecule has 0 bridgehead atoms. The summed E-state index contributed by atoms with van der Waals surface area (Å²) in [4.78, 5) is 30.1. The second-order valence-corrected chi connectivity index (χ2v) is 8.48. The molecule has 2 aliphatic rings. The summed E-state index contributed by atoms with van der Waals surface area (Å²) in [5, 5.41) is 14.7. The molecule has 29 heavy (non-hydrogen) atoms. The van der Waals surface area contributed by atoms with Gasteiger partial charge in [0.2, 0.25) is 0 Å². The third-order valence-corrected chi connectivity index (χ3v) is 6.19. The van der Waals surface area contributed by atoms with Gasteiger partial charge in [0, 0.05) is 37.0 Å². The molecule has 2 aromatic heterocycles. The highest BCUT2D eigenvalue weighted by atomic mass is 32.1. The van der Waals surface area contributed by atoms with E-state index in [9.17, 15) is 4.79 Å². The van der Waals surface area contributed by atoms with Crippen LogP contribution in [0.4, 0.5) is 10.9 Å². The second kappa shape index (κ2) is 8.84. The molecule has 0 aliphatic carbocycles. The molecule has 0 aromatic carbocycles. The fourth-order valence-corrected chi connectivity index (χ4v) is 4.72. The topological polar surface area (TPSA) is 98.0 Å². The number of nitrogens with zero attached hydrogens (tertiary/aromatic N) is 6. The normalized spacial score (nSPS) is 19.9. The lowest BCUT2D eigenvalue weighted by Crippen LogP contribution is -2.35. The van der Waals surface area contributed by atoms with Crippen LogP contribution in [0.5, 0.6) is 0 Å². The number of aromatic nitrogens is 3. The second-order valence-electron chi connectivity index (χ2n) is 7.62. The van der Waals surface area contributed by atoms with Gasteiger partial charge in [-0.25, -0.2) is 15.0 Å². The largest absolute Gasteiger partial charge is 0.337 e. The third-order valence-electron chi connectivity index (χ3n) is 5.43. The molecule has 0 spiro atoms. The highest BCUT2D eigenvalue weighted by molar-refractivity contribution is 7.14.